The maximum Gasteiger partial charge on any atom is 0.122 e. The summed E-state index contributed by atoms with van der Waals surface area (Å²) in [5.41, 5.74) is 7.59. The molecule has 0 aliphatic heterocycles. The van der Waals surface area contributed by atoms with Gasteiger partial charge in [-0.2, -0.15) is 0 Å². The quantitative estimate of drug-likeness (QED) is 0.842. The highest BCUT2D eigenvalue weighted by atomic mass is 16.5. The fourth-order valence-electron chi connectivity index (χ4n) is 3.04. The zero-order valence-corrected chi connectivity index (χ0v) is 12.1. The highest BCUT2D eigenvalue weighted by Gasteiger charge is 2.20. The van der Waals surface area contributed by atoms with E-state index in [1.54, 1.807) is 0 Å². The van der Waals surface area contributed by atoms with Gasteiger partial charge in [-0.1, -0.05) is 44.4 Å². The number of hydrogen-bond acceptors (Lipinski definition) is 2. The predicted octanol–water partition coefficient (Wildman–Crippen LogP) is 3.93. The average Bonchev–Trinajstić information content (AvgIpc) is 2.48. The molecule has 0 radical (unpaired) electrons. The van der Waals surface area contributed by atoms with Gasteiger partial charge in [0.15, 0.2) is 0 Å². The Balaban J connectivity index is 1.76. The van der Waals surface area contributed by atoms with Gasteiger partial charge in [-0.25, -0.2) is 0 Å². The molecule has 0 aromatic heterocycles. The summed E-state index contributed by atoms with van der Waals surface area (Å²) in [5, 5.41) is 0. The van der Waals surface area contributed by atoms with Crippen molar-refractivity contribution in [3.8, 4) is 5.75 Å². The van der Waals surface area contributed by atoms with Crippen LogP contribution in [0.5, 0.6) is 5.75 Å². The first-order valence-electron chi connectivity index (χ1n) is 7.77. The van der Waals surface area contributed by atoms with Gasteiger partial charge in [0.25, 0.3) is 0 Å². The van der Waals surface area contributed by atoms with Crippen LogP contribution in [-0.2, 0) is 6.42 Å². The van der Waals surface area contributed by atoms with Gasteiger partial charge in [0.2, 0.25) is 0 Å². The standard InChI is InChI=1S/C17H27NO/c1-2-14-8-6-7-11-17(14)19-13-12-16(18)15-9-4-3-5-10-15/h6-8,11,15-16H,2-5,9-10,12-13,18H2,1H3. The minimum absolute atomic E-state index is 0.314. The van der Waals surface area contributed by atoms with Crippen molar-refractivity contribution in [2.24, 2.45) is 11.7 Å². The molecule has 1 aromatic carbocycles. The normalized spacial score (nSPS) is 18.2. The highest BCUT2D eigenvalue weighted by molar-refractivity contribution is 5.33. The third-order valence-electron chi connectivity index (χ3n) is 4.32. The number of benzene rings is 1. The lowest BCUT2D eigenvalue weighted by Gasteiger charge is -2.27. The van der Waals surface area contributed by atoms with E-state index in [-0.39, 0.29) is 0 Å². The van der Waals surface area contributed by atoms with Gasteiger partial charge in [-0.15, -0.1) is 0 Å². The zero-order valence-electron chi connectivity index (χ0n) is 12.1. The minimum atomic E-state index is 0.314. The molecule has 0 bridgehead atoms. The van der Waals surface area contributed by atoms with Crippen molar-refractivity contribution in [1.29, 1.82) is 0 Å². The van der Waals surface area contributed by atoms with E-state index in [4.69, 9.17) is 10.5 Å². The lowest BCUT2D eigenvalue weighted by atomic mass is 9.83. The van der Waals surface area contributed by atoms with E-state index in [9.17, 15) is 0 Å². The molecule has 0 heterocycles. The Kier molecular flexibility index (Phi) is 5.71. The van der Waals surface area contributed by atoms with Gasteiger partial charge in [0, 0.05) is 6.04 Å². The van der Waals surface area contributed by atoms with E-state index in [0.717, 1.165) is 31.1 Å². The fraction of sp³-hybridized carbons (Fsp3) is 0.647. The molecule has 0 spiro atoms. The van der Waals surface area contributed by atoms with E-state index in [1.165, 1.54) is 37.7 Å². The first kappa shape index (κ1) is 14.4. The molecule has 106 valence electrons. The third-order valence-corrected chi connectivity index (χ3v) is 4.32. The van der Waals surface area contributed by atoms with Crippen LogP contribution < -0.4 is 10.5 Å². The third kappa shape index (κ3) is 4.24. The molecule has 1 saturated carbocycles. The Morgan fingerprint density at radius 3 is 2.68 bits per heavy atom. The summed E-state index contributed by atoms with van der Waals surface area (Å²) < 4.78 is 5.91. The SMILES string of the molecule is CCc1ccccc1OCCC(N)C1CCCCC1. The van der Waals surface area contributed by atoms with Crippen LogP contribution in [0.25, 0.3) is 0 Å². The van der Waals surface area contributed by atoms with Gasteiger partial charge < -0.3 is 10.5 Å². The summed E-state index contributed by atoms with van der Waals surface area (Å²) >= 11 is 0. The first-order valence-corrected chi connectivity index (χ1v) is 7.77. The highest BCUT2D eigenvalue weighted by Crippen LogP contribution is 2.27. The maximum atomic E-state index is 6.30. The Morgan fingerprint density at radius 1 is 1.21 bits per heavy atom. The van der Waals surface area contributed by atoms with Crippen molar-refractivity contribution in [2.45, 2.75) is 57.9 Å². The summed E-state index contributed by atoms with van der Waals surface area (Å²) in [6.07, 6.45) is 8.73. The Morgan fingerprint density at radius 2 is 1.95 bits per heavy atom. The summed E-state index contributed by atoms with van der Waals surface area (Å²) in [6.45, 7) is 2.91. The van der Waals surface area contributed by atoms with Gasteiger partial charge in [0.05, 0.1) is 6.61 Å². The number of ether oxygens (including phenoxy) is 1. The summed E-state index contributed by atoms with van der Waals surface area (Å²) in [6, 6.07) is 8.62. The van der Waals surface area contributed by atoms with Gasteiger partial charge in [-0.05, 0) is 43.2 Å². The largest absolute Gasteiger partial charge is 0.493 e. The van der Waals surface area contributed by atoms with Crippen molar-refractivity contribution in [3.05, 3.63) is 29.8 Å². The van der Waals surface area contributed by atoms with Gasteiger partial charge in [0.1, 0.15) is 5.75 Å². The van der Waals surface area contributed by atoms with Crippen molar-refractivity contribution in [2.75, 3.05) is 6.61 Å². The molecule has 1 fully saturated rings. The summed E-state index contributed by atoms with van der Waals surface area (Å²) in [4.78, 5) is 0. The molecule has 2 rings (SSSR count). The summed E-state index contributed by atoms with van der Waals surface area (Å²) in [5.74, 6) is 1.75. The van der Waals surface area contributed by atoms with E-state index >= 15 is 0 Å². The molecule has 1 aromatic rings. The molecule has 0 saturated heterocycles. The van der Waals surface area contributed by atoms with Crippen LogP contribution in [0.4, 0.5) is 0 Å². The Bertz CT molecular complexity index is 371. The van der Waals surface area contributed by atoms with Crippen molar-refractivity contribution < 1.29 is 4.74 Å². The lowest BCUT2D eigenvalue weighted by molar-refractivity contribution is 0.242. The predicted molar refractivity (Wildman–Crippen MR) is 80.5 cm³/mol. The van der Waals surface area contributed by atoms with Gasteiger partial charge >= 0.3 is 0 Å². The molecular formula is C17H27NO. The number of aryl methyl sites for hydroxylation is 1. The van der Waals surface area contributed by atoms with Crippen LogP contribution in [0.2, 0.25) is 0 Å². The lowest BCUT2D eigenvalue weighted by Crippen LogP contribution is -2.33. The molecule has 2 nitrogen and oxygen atoms in total. The monoisotopic (exact) mass is 261 g/mol. The van der Waals surface area contributed by atoms with Crippen LogP contribution in [0, 0.1) is 5.92 Å². The number of nitrogens with two attached hydrogens (primary N) is 1. The van der Waals surface area contributed by atoms with Crippen molar-refractivity contribution in [3.63, 3.8) is 0 Å². The summed E-state index contributed by atoms with van der Waals surface area (Å²) in [7, 11) is 0. The van der Waals surface area contributed by atoms with E-state index in [1.807, 2.05) is 6.07 Å². The van der Waals surface area contributed by atoms with Crippen LogP contribution in [0.3, 0.4) is 0 Å². The molecular weight excluding hydrogens is 234 g/mol. The first-order chi connectivity index (χ1) is 9.31. The number of rotatable bonds is 6. The Labute approximate surface area is 117 Å². The molecule has 1 unspecified atom stereocenters. The maximum absolute atomic E-state index is 6.30. The Hall–Kier alpha value is -1.02. The molecule has 1 aliphatic rings. The van der Waals surface area contributed by atoms with Crippen LogP contribution in [0.1, 0.15) is 51.0 Å². The second-order valence-corrected chi connectivity index (χ2v) is 5.66. The molecule has 1 atom stereocenters. The molecule has 19 heavy (non-hydrogen) atoms. The molecule has 2 heteroatoms. The molecule has 2 N–H and O–H groups in total. The fourth-order valence-corrected chi connectivity index (χ4v) is 3.04. The second kappa shape index (κ2) is 7.54. The topological polar surface area (TPSA) is 35.2 Å². The zero-order chi connectivity index (χ0) is 13.5. The van der Waals surface area contributed by atoms with Crippen molar-refractivity contribution in [1.82, 2.24) is 0 Å². The average molecular weight is 261 g/mol. The molecule has 1 aliphatic carbocycles. The number of hydrogen-bond donors (Lipinski definition) is 1. The van der Waals surface area contributed by atoms with Crippen LogP contribution in [-0.4, -0.2) is 12.6 Å². The van der Waals surface area contributed by atoms with Gasteiger partial charge in [-0.3, -0.25) is 0 Å². The van der Waals surface area contributed by atoms with E-state index in [0.29, 0.717) is 6.04 Å². The smallest absolute Gasteiger partial charge is 0.122 e. The number of para-hydroxylation sites is 1. The van der Waals surface area contributed by atoms with Crippen molar-refractivity contribution >= 4 is 0 Å². The van der Waals surface area contributed by atoms with E-state index in [2.05, 4.69) is 25.1 Å². The van der Waals surface area contributed by atoms with Crippen LogP contribution >= 0.6 is 0 Å². The van der Waals surface area contributed by atoms with E-state index < -0.39 is 0 Å². The second-order valence-electron chi connectivity index (χ2n) is 5.66. The minimum Gasteiger partial charge on any atom is -0.493 e. The molecule has 0 amide bonds. The van der Waals surface area contributed by atoms with Crippen LogP contribution in [0.15, 0.2) is 24.3 Å².